The first-order chi connectivity index (χ1) is 8.93. The molecule has 108 valence electrons. The van der Waals surface area contributed by atoms with Crippen LogP contribution in [0.2, 0.25) is 0 Å². The lowest BCUT2D eigenvalue weighted by molar-refractivity contribution is -0.143. The quantitative estimate of drug-likeness (QED) is 0.680. The second-order valence-corrected chi connectivity index (χ2v) is 5.70. The highest BCUT2D eigenvalue weighted by atomic mass is 32.2. The smallest absolute Gasteiger partial charge is 0.321 e. The molecule has 0 spiro atoms. The molecular formula is C10H18N4O4S. The minimum Gasteiger partial charge on any atom is -0.465 e. The number of carbonyl (C=O) groups is 1. The topological polar surface area (TPSA) is 118 Å². The van der Waals surface area contributed by atoms with Crippen molar-refractivity contribution in [1.82, 2.24) is 14.5 Å². The van der Waals surface area contributed by atoms with Crippen LogP contribution >= 0.6 is 0 Å². The van der Waals surface area contributed by atoms with Gasteiger partial charge in [0.05, 0.1) is 12.8 Å². The standard InChI is InChI=1S/C10H18N4O4S/c1-3-5-14(7-9(15)18-4-2)19(16,17)8-6-12-13-10(8)11/h6H,3-5,7H2,1-2H3,(H3,11,12,13). The van der Waals surface area contributed by atoms with Crippen LogP contribution in [0.4, 0.5) is 5.82 Å². The summed E-state index contributed by atoms with van der Waals surface area (Å²) in [4.78, 5) is 11.3. The zero-order valence-corrected chi connectivity index (χ0v) is 11.7. The van der Waals surface area contributed by atoms with Crippen molar-refractivity contribution >= 4 is 21.8 Å². The van der Waals surface area contributed by atoms with Gasteiger partial charge in [-0.1, -0.05) is 6.92 Å². The Kier molecular flexibility index (Phi) is 5.31. The Bertz CT molecular complexity index is 525. The van der Waals surface area contributed by atoms with Gasteiger partial charge in [-0.3, -0.25) is 9.89 Å². The maximum Gasteiger partial charge on any atom is 0.321 e. The maximum absolute atomic E-state index is 12.3. The van der Waals surface area contributed by atoms with Crippen LogP contribution in [0.1, 0.15) is 20.3 Å². The van der Waals surface area contributed by atoms with Gasteiger partial charge < -0.3 is 10.5 Å². The lowest BCUT2D eigenvalue weighted by atomic mass is 10.5. The van der Waals surface area contributed by atoms with Gasteiger partial charge in [-0.25, -0.2) is 8.42 Å². The van der Waals surface area contributed by atoms with Crippen LogP contribution in [0, 0.1) is 0 Å². The highest BCUT2D eigenvalue weighted by Crippen LogP contribution is 2.19. The molecule has 0 amide bonds. The van der Waals surface area contributed by atoms with E-state index in [2.05, 4.69) is 10.2 Å². The molecule has 0 saturated carbocycles. The number of H-pyrrole nitrogens is 1. The number of aromatic amines is 1. The third-order valence-corrected chi connectivity index (χ3v) is 4.21. The summed E-state index contributed by atoms with van der Waals surface area (Å²) >= 11 is 0. The molecule has 3 N–H and O–H groups in total. The van der Waals surface area contributed by atoms with E-state index in [-0.39, 0.29) is 30.4 Å². The monoisotopic (exact) mass is 290 g/mol. The Morgan fingerprint density at radius 2 is 2.21 bits per heavy atom. The number of esters is 1. The number of ether oxygens (including phenoxy) is 1. The van der Waals surface area contributed by atoms with Gasteiger partial charge in [0.25, 0.3) is 0 Å². The fraction of sp³-hybridized carbons (Fsp3) is 0.600. The number of rotatable bonds is 7. The van der Waals surface area contributed by atoms with Crippen molar-refractivity contribution in [3.63, 3.8) is 0 Å². The van der Waals surface area contributed by atoms with E-state index in [9.17, 15) is 13.2 Å². The summed E-state index contributed by atoms with van der Waals surface area (Å²) in [6.07, 6.45) is 1.69. The largest absolute Gasteiger partial charge is 0.465 e. The van der Waals surface area contributed by atoms with Gasteiger partial charge in [0.1, 0.15) is 17.3 Å². The van der Waals surface area contributed by atoms with Gasteiger partial charge in [-0.2, -0.15) is 9.40 Å². The number of carbonyl (C=O) groups excluding carboxylic acids is 1. The highest BCUT2D eigenvalue weighted by molar-refractivity contribution is 7.89. The number of nitrogen functional groups attached to an aromatic ring is 1. The Morgan fingerprint density at radius 1 is 1.53 bits per heavy atom. The van der Waals surface area contributed by atoms with Crippen molar-refractivity contribution in [2.45, 2.75) is 25.2 Å². The number of sulfonamides is 1. The number of hydrogen-bond donors (Lipinski definition) is 2. The van der Waals surface area contributed by atoms with Crippen LogP contribution in [0.25, 0.3) is 0 Å². The Labute approximate surface area is 112 Å². The summed E-state index contributed by atoms with van der Waals surface area (Å²) in [5, 5.41) is 5.93. The van der Waals surface area contributed by atoms with E-state index >= 15 is 0 Å². The molecule has 8 nitrogen and oxygen atoms in total. The zero-order chi connectivity index (χ0) is 14.5. The molecule has 1 rings (SSSR count). The number of nitrogens with two attached hydrogens (primary N) is 1. The first-order valence-corrected chi connectivity index (χ1v) is 7.32. The van der Waals surface area contributed by atoms with Crippen molar-refractivity contribution in [3.05, 3.63) is 6.20 Å². The average molecular weight is 290 g/mol. The molecule has 0 aliphatic heterocycles. The molecule has 0 unspecified atom stereocenters. The zero-order valence-electron chi connectivity index (χ0n) is 10.9. The predicted octanol–water partition coefficient (Wildman–Crippen LogP) is -0.0443. The molecule has 9 heteroatoms. The predicted molar refractivity (Wildman–Crippen MR) is 68.7 cm³/mol. The molecule has 0 fully saturated rings. The van der Waals surface area contributed by atoms with Gasteiger partial charge in [0.15, 0.2) is 0 Å². The third kappa shape index (κ3) is 3.67. The molecule has 1 heterocycles. The lowest BCUT2D eigenvalue weighted by Gasteiger charge is -2.19. The molecule has 1 aromatic heterocycles. The number of hydrogen-bond acceptors (Lipinski definition) is 6. The van der Waals surface area contributed by atoms with Gasteiger partial charge >= 0.3 is 5.97 Å². The molecule has 0 aromatic carbocycles. The number of nitrogens with one attached hydrogen (secondary N) is 1. The van der Waals surface area contributed by atoms with E-state index in [4.69, 9.17) is 10.5 Å². The summed E-state index contributed by atoms with van der Waals surface area (Å²) in [5.74, 6) is -0.647. The van der Waals surface area contributed by atoms with E-state index in [1.54, 1.807) is 6.92 Å². The van der Waals surface area contributed by atoms with Crippen LogP contribution in [0.3, 0.4) is 0 Å². The van der Waals surface area contributed by atoms with Crippen LogP contribution in [-0.2, 0) is 19.6 Å². The summed E-state index contributed by atoms with van der Waals surface area (Å²) in [5.41, 5.74) is 5.51. The molecule has 0 aliphatic rings. The van der Waals surface area contributed by atoms with Crippen molar-refractivity contribution in [2.75, 3.05) is 25.4 Å². The Balaban J connectivity index is 2.98. The van der Waals surface area contributed by atoms with Crippen LogP contribution in [0.5, 0.6) is 0 Å². The van der Waals surface area contributed by atoms with Gasteiger partial charge in [-0.15, -0.1) is 0 Å². The Hall–Kier alpha value is -1.61. The second kappa shape index (κ2) is 6.53. The molecule has 0 atom stereocenters. The van der Waals surface area contributed by atoms with E-state index in [1.807, 2.05) is 6.92 Å². The van der Waals surface area contributed by atoms with E-state index in [0.717, 1.165) is 10.5 Å². The summed E-state index contributed by atoms with van der Waals surface area (Å²) < 4.78 is 30.4. The van der Waals surface area contributed by atoms with Crippen molar-refractivity contribution < 1.29 is 17.9 Å². The molecule has 0 saturated heterocycles. The number of aromatic nitrogens is 2. The van der Waals surface area contributed by atoms with Crippen LogP contribution in [-0.4, -0.2) is 48.6 Å². The molecule has 19 heavy (non-hydrogen) atoms. The van der Waals surface area contributed by atoms with Crippen molar-refractivity contribution in [3.8, 4) is 0 Å². The number of nitrogens with zero attached hydrogens (tertiary/aromatic N) is 2. The maximum atomic E-state index is 12.3. The molecule has 0 bridgehead atoms. The highest BCUT2D eigenvalue weighted by Gasteiger charge is 2.29. The van der Waals surface area contributed by atoms with E-state index < -0.39 is 16.0 Å². The van der Waals surface area contributed by atoms with E-state index in [0.29, 0.717) is 6.42 Å². The summed E-state index contributed by atoms with van der Waals surface area (Å²) in [6, 6.07) is 0. The lowest BCUT2D eigenvalue weighted by Crippen LogP contribution is -2.37. The van der Waals surface area contributed by atoms with Crippen LogP contribution < -0.4 is 5.73 Å². The SMILES string of the molecule is CCCN(CC(=O)OCC)S(=O)(=O)c1cn[nH]c1N. The first-order valence-electron chi connectivity index (χ1n) is 5.88. The fourth-order valence-corrected chi connectivity index (χ4v) is 3.00. The first kappa shape index (κ1) is 15.4. The molecule has 0 radical (unpaired) electrons. The average Bonchev–Trinajstić information content (AvgIpc) is 2.76. The third-order valence-electron chi connectivity index (χ3n) is 2.33. The van der Waals surface area contributed by atoms with Gasteiger partial charge in [-0.05, 0) is 13.3 Å². The normalized spacial score (nSPS) is 11.7. The molecule has 1 aromatic rings. The van der Waals surface area contributed by atoms with Crippen LogP contribution in [0.15, 0.2) is 11.1 Å². The summed E-state index contributed by atoms with van der Waals surface area (Å²) in [6.45, 7) is 3.53. The molecular weight excluding hydrogens is 272 g/mol. The second-order valence-electron chi connectivity index (χ2n) is 3.79. The van der Waals surface area contributed by atoms with Gasteiger partial charge in [0, 0.05) is 6.54 Å². The molecule has 0 aliphatic carbocycles. The minimum absolute atomic E-state index is 0.0510. The van der Waals surface area contributed by atoms with Crippen molar-refractivity contribution in [2.24, 2.45) is 0 Å². The fourth-order valence-electron chi connectivity index (χ4n) is 1.51. The van der Waals surface area contributed by atoms with E-state index in [1.165, 1.54) is 0 Å². The number of anilines is 1. The summed E-state index contributed by atoms with van der Waals surface area (Å²) in [7, 11) is -3.85. The minimum atomic E-state index is -3.85. The van der Waals surface area contributed by atoms with Gasteiger partial charge in [0.2, 0.25) is 10.0 Å². The Morgan fingerprint density at radius 3 is 2.68 bits per heavy atom. The van der Waals surface area contributed by atoms with Crippen molar-refractivity contribution in [1.29, 1.82) is 0 Å².